The lowest BCUT2D eigenvalue weighted by Gasteiger charge is -2.18. The van der Waals surface area contributed by atoms with Gasteiger partial charge in [0, 0.05) is 36.0 Å². The second-order valence-corrected chi connectivity index (χ2v) is 8.46. The number of carbonyl (C=O) groups excluding carboxylic acids is 2. The van der Waals surface area contributed by atoms with Crippen LogP contribution in [0.1, 0.15) is 39.4 Å². The van der Waals surface area contributed by atoms with Crippen LogP contribution in [0.2, 0.25) is 0 Å². The molecule has 8 heteroatoms. The normalized spacial score (nSPS) is 12.8. The molecule has 0 unspecified atom stereocenters. The fourth-order valence-corrected chi connectivity index (χ4v) is 4.51. The molecule has 36 heavy (non-hydrogen) atoms. The van der Waals surface area contributed by atoms with Gasteiger partial charge in [0.1, 0.15) is 5.75 Å². The van der Waals surface area contributed by atoms with Crippen LogP contribution in [0.25, 0.3) is 10.9 Å². The molecule has 0 bridgehead atoms. The lowest BCUT2D eigenvalue weighted by molar-refractivity contribution is -0.121. The number of nitrogens with one attached hydrogen (secondary N) is 2. The summed E-state index contributed by atoms with van der Waals surface area (Å²) in [6, 6.07) is 18.5. The number of amides is 1. The molecule has 4 aromatic rings. The van der Waals surface area contributed by atoms with Crippen LogP contribution in [0.3, 0.4) is 0 Å². The van der Waals surface area contributed by atoms with Crippen LogP contribution >= 0.6 is 0 Å². The number of aromatic nitrogens is 1. The topological polar surface area (TPSA) is 98.9 Å². The van der Waals surface area contributed by atoms with Crippen LogP contribution in [0, 0.1) is 0 Å². The molecular weight excluding hydrogens is 460 g/mol. The highest BCUT2D eigenvalue weighted by atomic mass is 16.7. The minimum Gasteiger partial charge on any atom is -0.496 e. The van der Waals surface area contributed by atoms with Gasteiger partial charge in [0.15, 0.2) is 11.5 Å². The molecule has 1 amide bonds. The van der Waals surface area contributed by atoms with Crippen molar-refractivity contribution in [3.05, 3.63) is 89.1 Å². The molecule has 1 aliphatic heterocycles. The average molecular weight is 487 g/mol. The fourth-order valence-electron chi connectivity index (χ4n) is 4.51. The van der Waals surface area contributed by atoms with Crippen LogP contribution in [0.4, 0.5) is 0 Å². The molecule has 184 valence electrons. The number of ether oxygens (including phenoxy) is 4. The number of hydrogen-bond acceptors (Lipinski definition) is 6. The van der Waals surface area contributed by atoms with Crippen molar-refractivity contribution in [1.82, 2.24) is 10.3 Å². The summed E-state index contributed by atoms with van der Waals surface area (Å²) in [4.78, 5) is 28.4. The van der Waals surface area contributed by atoms with E-state index in [4.69, 9.17) is 18.9 Å². The molecule has 2 N–H and O–H groups in total. The quantitative estimate of drug-likeness (QED) is 0.355. The zero-order valence-corrected chi connectivity index (χ0v) is 20.0. The van der Waals surface area contributed by atoms with Gasteiger partial charge in [0.25, 0.3) is 0 Å². The van der Waals surface area contributed by atoms with Gasteiger partial charge in [0.2, 0.25) is 12.7 Å². The van der Waals surface area contributed by atoms with Crippen LogP contribution < -0.4 is 19.5 Å². The predicted octanol–water partition coefficient (Wildman–Crippen LogP) is 4.53. The monoisotopic (exact) mass is 486 g/mol. The van der Waals surface area contributed by atoms with Gasteiger partial charge in [-0.15, -0.1) is 0 Å². The Balaban J connectivity index is 1.42. The Kier molecular flexibility index (Phi) is 6.49. The first-order chi connectivity index (χ1) is 17.6. The molecule has 3 aromatic carbocycles. The number of aromatic amines is 1. The summed E-state index contributed by atoms with van der Waals surface area (Å²) in [6.45, 7) is 0.566. The number of carbonyl (C=O) groups is 2. The van der Waals surface area contributed by atoms with E-state index in [2.05, 4.69) is 10.3 Å². The Morgan fingerprint density at radius 3 is 2.61 bits per heavy atom. The van der Waals surface area contributed by atoms with Crippen LogP contribution in [-0.2, 0) is 16.1 Å². The summed E-state index contributed by atoms with van der Waals surface area (Å²) in [5.74, 6) is 1.30. The van der Waals surface area contributed by atoms with E-state index in [0.29, 0.717) is 23.6 Å². The van der Waals surface area contributed by atoms with Crippen molar-refractivity contribution in [2.75, 3.05) is 21.0 Å². The molecule has 0 saturated heterocycles. The van der Waals surface area contributed by atoms with Crippen molar-refractivity contribution in [3.8, 4) is 17.2 Å². The molecule has 5 rings (SSSR count). The summed E-state index contributed by atoms with van der Waals surface area (Å²) in [5.41, 5.74) is 4.12. The lowest BCUT2D eigenvalue weighted by atomic mass is 9.87. The van der Waals surface area contributed by atoms with Crippen molar-refractivity contribution in [2.24, 2.45) is 0 Å². The first kappa shape index (κ1) is 23.3. The van der Waals surface area contributed by atoms with Crippen molar-refractivity contribution >= 4 is 22.8 Å². The van der Waals surface area contributed by atoms with E-state index in [1.165, 1.54) is 7.11 Å². The molecule has 8 nitrogen and oxygen atoms in total. The molecular formula is C28H26N2O6. The second-order valence-electron chi connectivity index (χ2n) is 8.46. The molecule has 0 fully saturated rings. The van der Waals surface area contributed by atoms with Gasteiger partial charge in [-0.25, -0.2) is 4.79 Å². The smallest absolute Gasteiger partial charge is 0.337 e. The molecule has 0 aliphatic carbocycles. The van der Waals surface area contributed by atoms with E-state index in [1.54, 1.807) is 19.2 Å². The third-order valence-corrected chi connectivity index (χ3v) is 6.34. The standard InChI is InChI=1S/C28H26N2O6/c1-33-24-5-3-4-22-27(24)21(15-29-22)20(18-7-9-19(10-8-18)28(32)34-2)13-26(31)30-14-17-6-11-23-25(12-17)36-16-35-23/h3-12,15,20,29H,13-14,16H2,1-2H3,(H,30,31)/t20-/m1/s1. The maximum atomic E-state index is 13.2. The highest BCUT2D eigenvalue weighted by Crippen LogP contribution is 2.38. The molecule has 0 saturated carbocycles. The van der Waals surface area contributed by atoms with E-state index in [9.17, 15) is 9.59 Å². The van der Waals surface area contributed by atoms with E-state index in [1.807, 2.05) is 54.7 Å². The number of H-pyrrole nitrogens is 1. The van der Waals surface area contributed by atoms with Crippen molar-refractivity contribution in [2.45, 2.75) is 18.9 Å². The molecule has 0 spiro atoms. The van der Waals surface area contributed by atoms with E-state index in [-0.39, 0.29) is 25.0 Å². The Morgan fingerprint density at radius 1 is 1.03 bits per heavy atom. The van der Waals surface area contributed by atoms with Gasteiger partial charge >= 0.3 is 5.97 Å². The van der Waals surface area contributed by atoms with Gasteiger partial charge in [0.05, 0.1) is 19.8 Å². The minimum atomic E-state index is -0.409. The Bertz CT molecular complexity index is 1410. The van der Waals surface area contributed by atoms with Gasteiger partial charge in [-0.3, -0.25) is 4.79 Å². The molecule has 1 atom stereocenters. The van der Waals surface area contributed by atoms with Crippen LogP contribution in [0.15, 0.2) is 66.9 Å². The van der Waals surface area contributed by atoms with Gasteiger partial charge in [-0.1, -0.05) is 24.3 Å². The number of fused-ring (bicyclic) bond motifs is 2. The third-order valence-electron chi connectivity index (χ3n) is 6.34. The maximum absolute atomic E-state index is 13.2. The second kappa shape index (κ2) is 10.0. The highest BCUT2D eigenvalue weighted by molar-refractivity contribution is 5.92. The number of esters is 1. The number of methoxy groups -OCH3 is 2. The molecule has 2 heterocycles. The molecule has 0 radical (unpaired) electrons. The van der Waals surface area contributed by atoms with E-state index in [0.717, 1.165) is 33.3 Å². The number of hydrogen-bond donors (Lipinski definition) is 2. The van der Waals surface area contributed by atoms with Gasteiger partial charge in [-0.2, -0.15) is 0 Å². The van der Waals surface area contributed by atoms with E-state index < -0.39 is 5.97 Å². The fraction of sp³-hybridized carbons (Fsp3) is 0.214. The maximum Gasteiger partial charge on any atom is 0.337 e. The lowest BCUT2D eigenvalue weighted by Crippen LogP contribution is -2.25. The summed E-state index contributed by atoms with van der Waals surface area (Å²) < 4.78 is 21.2. The zero-order chi connectivity index (χ0) is 25.1. The van der Waals surface area contributed by atoms with Crippen LogP contribution in [-0.4, -0.2) is 37.9 Å². The third kappa shape index (κ3) is 4.57. The van der Waals surface area contributed by atoms with E-state index >= 15 is 0 Å². The SMILES string of the molecule is COC(=O)c1ccc([C@@H](CC(=O)NCc2ccc3c(c2)OCO3)c2c[nH]c3cccc(OC)c23)cc1. The highest BCUT2D eigenvalue weighted by Gasteiger charge is 2.24. The van der Waals surface area contributed by atoms with Crippen molar-refractivity contribution < 1.29 is 28.5 Å². The summed E-state index contributed by atoms with van der Waals surface area (Å²) >= 11 is 0. The van der Waals surface area contributed by atoms with Crippen molar-refractivity contribution in [1.29, 1.82) is 0 Å². The van der Waals surface area contributed by atoms with Gasteiger partial charge < -0.3 is 29.2 Å². The molecule has 1 aromatic heterocycles. The van der Waals surface area contributed by atoms with Gasteiger partial charge in [-0.05, 0) is 53.1 Å². The zero-order valence-electron chi connectivity index (χ0n) is 20.0. The average Bonchev–Trinajstić information content (AvgIpc) is 3.57. The first-order valence-electron chi connectivity index (χ1n) is 11.5. The summed E-state index contributed by atoms with van der Waals surface area (Å²) in [5, 5.41) is 3.94. The Hall–Kier alpha value is -4.46. The first-order valence-corrected chi connectivity index (χ1v) is 11.5. The van der Waals surface area contributed by atoms with Crippen molar-refractivity contribution in [3.63, 3.8) is 0 Å². The largest absolute Gasteiger partial charge is 0.496 e. The Labute approximate surface area is 208 Å². The predicted molar refractivity (Wildman–Crippen MR) is 134 cm³/mol. The number of rotatable bonds is 8. The minimum absolute atomic E-state index is 0.112. The Morgan fingerprint density at radius 2 is 1.83 bits per heavy atom. The van der Waals surface area contributed by atoms with Crippen LogP contribution in [0.5, 0.6) is 17.2 Å². The summed E-state index contributed by atoms with van der Waals surface area (Å²) in [6.07, 6.45) is 2.12. The molecule has 1 aliphatic rings. The number of benzene rings is 3. The summed E-state index contributed by atoms with van der Waals surface area (Å²) in [7, 11) is 2.98.